The predicted molar refractivity (Wildman–Crippen MR) is 67.3 cm³/mol. The predicted octanol–water partition coefficient (Wildman–Crippen LogP) is 0.182. The molecule has 0 unspecified atom stereocenters. The number of amides is 1. The zero-order chi connectivity index (χ0) is 14.2. The van der Waals surface area contributed by atoms with Gasteiger partial charge in [-0.2, -0.15) is 5.10 Å². The maximum absolute atomic E-state index is 11.1. The molecule has 1 aromatic heterocycles. The van der Waals surface area contributed by atoms with Gasteiger partial charge in [0.2, 0.25) is 0 Å². The number of hydrogen-bond acceptors (Lipinski definition) is 5. The monoisotopic (exact) mass is 280 g/mol. The Balaban J connectivity index is 1.60. The lowest BCUT2D eigenvalue weighted by Gasteiger charge is -2.37. The lowest BCUT2D eigenvalue weighted by molar-refractivity contribution is -0.00114. The van der Waals surface area contributed by atoms with Crippen molar-refractivity contribution in [3.05, 3.63) is 17.5 Å². The number of alkyl carbamates (subject to hydrolysis) is 1. The quantitative estimate of drug-likeness (QED) is 0.729. The Bertz CT molecular complexity index is 533. The van der Waals surface area contributed by atoms with Crippen LogP contribution in [0.25, 0.3) is 0 Å². The number of carboxylic acid groups (broad SMARTS) is 1. The lowest BCUT2D eigenvalue weighted by atomic mass is 9.91. The Kier molecular flexibility index (Phi) is 3.09. The van der Waals surface area contributed by atoms with Crippen LogP contribution in [-0.4, -0.2) is 57.5 Å². The third-order valence-electron chi connectivity index (χ3n) is 3.96. The molecule has 0 aromatic carbocycles. The molecular weight excluding hydrogens is 264 g/mol. The van der Waals surface area contributed by atoms with E-state index >= 15 is 0 Å². The van der Waals surface area contributed by atoms with E-state index in [-0.39, 0.29) is 17.4 Å². The molecule has 2 aliphatic heterocycles. The maximum atomic E-state index is 11.1. The van der Waals surface area contributed by atoms with Gasteiger partial charge < -0.3 is 15.2 Å². The highest BCUT2D eigenvalue weighted by atomic mass is 16.6. The number of H-pyrrole nitrogens is 1. The number of ether oxygens (including phenoxy) is 1. The van der Waals surface area contributed by atoms with Gasteiger partial charge in [0, 0.05) is 38.0 Å². The van der Waals surface area contributed by atoms with Gasteiger partial charge >= 0.3 is 12.1 Å². The van der Waals surface area contributed by atoms with Crippen LogP contribution < -0.4 is 5.32 Å². The van der Waals surface area contributed by atoms with E-state index in [9.17, 15) is 9.59 Å². The Hall–Kier alpha value is -2.09. The van der Waals surface area contributed by atoms with Gasteiger partial charge in [-0.15, -0.1) is 0 Å². The summed E-state index contributed by atoms with van der Waals surface area (Å²) in [5, 5.41) is 18.0. The first-order chi connectivity index (χ1) is 9.58. The van der Waals surface area contributed by atoms with Crippen LogP contribution in [-0.2, 0) is 11.3 Å². The Morgan fingerprint density at radius 2 is 2.25 bits per heavy atom. The number of likely N-dealkylation sites (tertiary alicyclic amines) is 1. The second kappa shape index (κ2) is 4.78. The average molecular weight is 280 g/mol. The smallest absolute Gasteiger partial charge is 0.407 e. The van der Waals surface area contributed by atoms with Crippen molar-refractivity contribution in [2.75, 3.05) is 19.6 Å². The average Bonchev–Trinajstić information content (AvgIpc) is 3.00. The van der Waals surface area contributed by atoms with Crippen molar-refractivity contribution in [1.29, 1.82) is 0 Å². The van der Waals surface area contributed by atoms with Crippen molar-refractivity contribution in [2.45, 2.75) is 25.0 Å². The SMILES string of the molecule is O=C1NCC2(CCN(Cc3cn[nH]c3C(=O)O)CC2)O1. The number of aromatic amines is 1. The Morgan fingerprint density at radius 1 is 1.50 bits per heavy atom. The molecule has 0 atom stereocenters. The van der Waals surface area contributed by atoms with E-state index in [0.29, 0.717) is 18.7 Å². The van der Waals surface area contributed by atoms with E-state index in [0.717, 1.165) is 25.9 Å². The van der Waals surface area contributed by atoms with Crippen LogP contribution in [0.4, 0.5) is 4.79 Å². The molecule has 2 aliphatic rings. The number of carbonyl (C=O) groups is 2. The summed E-state index contributed by atoms with van der Waals surface area (Å²) >= 11 is 0. The number of carbonyl (C=O) groups excluding carboxylic acids is 1. The fourth-order valence-corrected chi connectivity index (χ4v) is 2.76. The summed E-state index contributed by atoms with van der Waals surface area (Å²) in [5.41, 5.74) is 0.439. The van der Waals surface area contributed by atoms with Crippen molar-refractivity contribution in [1.82, 2.24) is 20.4 Å². The molecule has 1 aromatic rings. The molecule has 3 rings (SSSR count). The van der Waals surface area contributed by atoms with E-state index < -0.39 is 5.97 Å². The Labute approximate surface area is 115 Å². The number of piperidine rings is 1. The van der Waals surface area contributed by atoms with E-state index in [1.165, 1.54) is 0 Å². The van der Waals surface area contributed by atoms with E-state index in [2.05, 4.69) is 20.4 Å². The molecule has 20 heavy (non-hydrogen) atoms. The minimum absolute atomic E-state index is 0.138. The van der Waals surface area contributed by atoms with Gasteiger partial charge in [0.25, 0.3) is 0 Å². The van der Waals surface area contributed by atoms with Gasteiger partial charge in [0.1, 0.15) is 11.3 Å². The molecule has 2 saturated heterocycles. The van der Waals surface area contributed by atoms with E-state index in [1.807, 2.05) is 0 Å². The van der Waals surface area contributed by atoms with Gasteiger partial charge in [-0.1, -0.05) is 0 Å². The third kappa shape index (κ3) is 2.34. The molecule has 0 radical (unpaired) electrons. The number of aromatic nitrogens is 2. The van der Waals surface area contributed by atoms with Crippen LogP contribution >= 0.6 is 0 Å². The van der Waals surface area contributed by atoms with Crippen molar-refractivity contribution < 1.29 is 19.4 Å². The molecule has 0 bridgehead atoms. The highest BCUT2D eigenvalue weighted by molar-refractivity contribution is 5.86. The lowest BCUT2D eigenvalue weighted by Crippen LogP contribution is -2.46. The zero-order valence-corrected chi connectivity index (χ0v) is 10.9. The molecule has 3 N–H and O–H groups in total. The Morgan fingerprint density at radius 3 is 2.85 bits per heavy atom. The van der Waals surface area contributed by atoms with Gasteiger partial charge in [0.15, 0.2) is 0 Å². The molecule has 1 amide bonds. The second-order valence-electron chi connectivity index (χ2n) is 5.28. The molecule has 108 valence electrons. The van der Waals surface area contributed by atoms with Gasteiger partial charge in [0.05, 0.1) is 12.7 Å². The third-order valence-corrected chi connectivity index (χ3v) is 3.96. The largest absolute Gasteiger partial charge is 0.477 e. The second-order valence-corrected chi connectivity index (χ2v) is 5.28. The normalized spacial score (nSPS) is 21.7. The number of carboxylic acids is 1. The number of nitrogens with zero attached hydrogens (tertiary/aromatic N) is 2. The molecule has 8 nitrogen and oxygen atoms in total. The fraction of sp³-hybridized carbons (Fsp3) is 0.583. The van der Waals surface area contributed by atoms with Crippen LogP contribution in [0, 0.1) is 0 Å². The van der Waals surface area contributed by atoms with Gasteiger partial charge in [-0.05, 0) is 0 Å². The van der Waals surface area contributed by atoms with E-state index in [4.69, 9.17) is 9.84 Å². The summed E-state index contributed by atoms with van der Waals surface area (Å²) in [4.78, 5) is 24.3. The number of aromatic carboxylic acids is 1. The molecule has 0 aliphatic carbocycles. The van der Waals surface area contributed by atoms with Gasteiger partial charge in [-0.25, -0.2) is 9.59 Å². The number of rotatable bonds is 3. The van der Waals surface area contributed by atoms with Crippen LogP contribution in [0.5, 0.6) is 0 Å². The molecule has 1 spiro atoms. The highest BCUT2D eigenvalue weighted by Crippen LogP contribution is 2.29. The number of nitrogens with one attached hydrogen (secondary N) is 2. The van der Waals surface area contributed by atoms with Crippen LogP contribution in [0.1, 0.15) is 28.9 Å². The zero-order valence-electron chi connectivity index (χ0n) is 10.9. The highest BCUT2D eigenvalue weighted by Gasteiger charge is 2.42. The summed E-state index contributed by atoms with van der Waals surface area (Å²) < 4.78 is 5.35. The van der Waals surface area contributed by atoms with Crippen molar-refractivity contribution >= 4 is 12.1 Å². The minimum Gasteiger partial charge on any atom is -0.477 e. The molecule has 8 heteroatoms. The summed E-state index contributed by atoms with van der Waals surface area (Å²) in [6.45, 7) is 2.62. The first-order valence-electron chi connectivity index (χ1n) is 6.53. The summed E-state index contributed by atoms with van der Waals surface area (Å²) in [6.07, 6.45) is 2.71. The maximum Gasteiger partial charge on any atom is 0.407 e. The minimum atomic E-state index is -1.00. The van der Waals surface area contributed by atoms with Crippen LogP contribution in [0.2, 0.25) is 0 Å². The number of hydrogen-bond donors (Lipinski definition) is 3. The van der Waals surface area contributed by atoms with Crippen molar-refractivity contribution in [3.63, 3.8) is 0 Å². The molecule has 0 saturated carbocycles. The molecule has 3 heterocycles. The molecule has 2 fully saturated rings. The van der Waals surface area contributed by atoms with Crippen molar-refractivity contribution in [2.24, 2.45) is 0 Å². The van der Waals surface area contributed by atoms with Crippen molar-refractivity contribution in [3.8, 4) is 0 Å². The van der Waals surface area contributed by atoms with Crippen LogP contribution in [0.3, 0.4) is 0 Å². The first-order valence-corrected chi connectivity index (χ1v) is 6.53. The summed E-state index contributed by atoms with van der Waals surface area (Å²) in [6, 6.07) is 0. The molecular formula is C12H16N4O4. The van der Waals surface area contributed by atoms with Gasteiger partial charge in [-0.3, -0.25) is 10.00 Å². The fourth-order valence-electron chi connectivity index (χ4n) is 2.76. The van der Waals surface area contributed by atoms with E-state index in [1.54, 1.807) is 6.20 Å². The van der Waals surface area contributed by atoms with Crippen LogP contribution in [0.15, 0.2) is 6.20 Å². The standard InChI is InChI=1S/C12H16N4O4/c17-10(18)9-8(5-14-15-9)6-16-3-1-12(2-4-16)7-13-11(19)20-12/h5H,1-4,6-7H2,(H,13,19)(H,14,15)(H,17,18). The summed E-state index contributed by atoms with van der Waals surface area (Å²) in [5.74, 6) is -1.00. The summed E-state index contributed by atoms with van der Waals surface area (Å²) in [7, 11) is 0. The first kappa shape index (κ1) is 12.9. The topological polar surface area (TPSA) is 108 Å².